The van der Waals surface area contributed by atoms with Gasteiger partial charge < -0.3 is 10.4 Å². The predicted octanol–water partition coefficient (Wildman–Crippen LogP) is 5.26. The van der Waals surface area contributed by atoms with Crippen LogP contribution in [0.3, 0.4) is 0 Å². The zero-order valence-electron chi connectivity index (χ0n) is 17.7. The van der Waals surface area contributed by atoms with Crippen LogP contribution in [-0.2, 0) is 25.8 Å². The molecule has 0 amide bonds. The van der Waals surface area contributed by atoms with E-state index in [0.29, 0.717) is 17.8 Å². The topological polar surface area (TPSA) is 66.4 Å². The first-order valence-corrected chi connectivity index (χ1v) is 11.2. The Balaban J connectivity index is 1.74. The molecule has 0 aliphatic heterocycles. The number of hydrogen-bond acceptors (Lipinski definition) is 4. The average molecular weight is 422 g/mol. The van der Waals surface area contributed by atoms with Gasteiger partial charge in [0.15, 0.2) is 5.78 Å². The van der Waals surface area contributed by atoms with Crippen LogP contribution in [0.2, 0.25) is 0 Å². The summed E-state index contributed by atoms with van der Waals surface area (Å²) in [4.78, 5) is 26.9. The second-order valence-electron chi connectivity index (χ2n) is 8.95. The fraction of sp³-hybridized carbons (Fsp3) is 0.360. The number of thiophene rings is 1. The number of benzene rings is 2. The summed E-state index contributed by atoms with van der Waals surface area (Å²) in [6.45, 7) is 4.99. The predicted molar refractivity (Wildman–Crippen MR) is 122 cm³/mol. The van der Waals surface area contributed by atoms with Crippen molar-refractivity contribution in [2.24, 2.45) is 5.41 Å². The quantitative estimate of drug-likeness (QED) is 0.533. The Labute approximate surface area is 180 Å². The molecule has 0 saturated carbocycles. The number of nitrogens with one attached hydrogen (secondary N) is 1. The number of carboxylic acid groups (broad SMARTS) is 1. The molecule has 0 saturated heterocycles. The maximum absolute atomic E-state index is 13.3. The summed E-state index contributed by atoms with van der Waals surface area (Å²) < 4.78 is 0. The van der Waals surface area contributed by atoms with Crippen molar-refractivity contribution in [2.75, 3.05) is 7.05 Å². The normalized spacial score (nSPS) is 15.2. The number of hydrogen-bond donors (Lipinski definition) is 2. The molecular weight excluding hydrogens is 394 g/mol. The molecule has 156 valence electrons. The molecule has 4 rings (SSSR count). The van der Waals surface area contributed by atoms with Gasteiger partial charge in [-0.3, -0.25) is 4.79 Å². The van der Waals surface area contributed by atoms with E-state index < -0.39 is 5.97 Å². The van der Waals surface area contributed by atoms with Gasteiger partial charge in [0, 0.05) is 17.8 Å². The van der Waals surface area contributed by atoms with E-state index in [0.717, 1.165) is 45.2 Å². The van der Waals surface area contributed by atoms with E-state index in [1.54, 1.807) is 0 Å². The van der Waals surface area contributed by atoms with Gasteiger partial charge in [-0.05, 0) is 65.3 Å². The van der Waals surface area contributed by atoms with Crippen LogP contribution < -0.4 is 5.32 Å². The number of aromatic carboxylic acids is 1. The molecule has 0 fully saturated rings. The van der Waals surface area contributed by atoms with E-state index in [2.05, 4.69) is 37.4 Å². The van der Waals surface area contributed by atoms with Gasteiger partial charge in [0.25, 0.3) is 0 Å². The van der Waals surface area contributed by atoms with Crippen LogP contribution in [0.1, 0.15) is 61.9 Å². The Morgan fingerprint density at radius 2 is 1.80 bits per heavy atom. The molecule has 0 radical (unpaired) electrons. The van der Waals surface area contributed by atoms with Crippen molar-refractivity contribution in [1.29, 1.82) is 0 Å². The Morgan fingerprint density at radius 1 is 1.13 bits per heavy atom. The van der Waals surface area contributed by atoms with Crippen LogP contribution in [0.25, 0.3) is 10.8 Å². The molecule has 3 aromatic rings. The lowest BCUT2D eigenvalue weighted by Crippen LogP contribution is -2.22. The summed E-state index contributed by atoms with van der Waals surface area (Å²) >= 11 is 1.40. The Hall–Kier alpha value is -2.50. The first kappa shape index (κ1) is 20.8. The summed E-state index contributed by atoms with van der Waals surface area (Å²) in [5, 5.41) is 15.3. The molecule has 0 unspecified atom stereocenters. The summed E-state index contributed by atoms with van der Waals surface area (Å²) in [7, 11) is 1.89. The number of fused-ring (bicyclic) bond motifs is 2. The maximum Gasteiger partial charge on any atom is 0.337 e. The minimum atomic E-state index is -0.984. The average Bonchev–Trinajstić information content (AvgIpc) is 3.06. The molecule has 1 aliphatic rings. The van der Waals surface area contributed by atoms with Gasteiger partial charge in [0.2, 0.25) is 0 Å². The molecule has 4 nitrogen and oxygen atoms in total. The zero-order chi connectivity index (χ0) is 21.5. The van der Waals surface area contributed by atoms with Gasteiger partial charge >= 0.3 is 5.97 Å². The molecule has 1 heterocycles. The van der Waals surface area contributed by atoms with Gasteiger partial charge in [-0.15, -0.1) is 11.3 Å². The SMILES string of the molecule is CNCc1cc2ccccc2cc1CC(=O)c1sc2c(c1C(=O)O)CC(C)(C)CC2. The van der Waals surface area contributed by atoms with Crippen molar-refractivity contribution in [2.45, 2.75) is 46.1 Å². The Kier molecular flexibility index (Phi) is 5.51. The lowest BCUT2D eigenvalue weighted by atomic mass is 9.76. The van der Waals surface area contributed by atoms with Gasteiger partial charge in [-0.2, -0.15) is 0 Å². The summed E-state index contributed by atoms with van der Waals surface area (Å²) in [5.74, 6) is -1.08. The molecule has 1 aromatic heterocycles. The summed E-state index contributed by atoms with van der Waals surface area (Å²) in [5.41, 5.74) is 3.21. The second kappa shape index (κ2) is 7.97. The highest BCUT2D eigenvalue weighted by Gasteiger charge is 2.34. The van der Waals surface area contributed by atoms with Crippen molar-refractivity contribution in [3.8, 4) is 0 Å². The highest BCUT2D eigenvalue weighted by Crippen LogP contribution is 2.42. The van der Waals surface area contributed by atoms with Gasteiger partial charge in [0.05, 0.1) is 10.4 Å². The van der Waals surface area contributed by atoms with E-state index in [9.17, 15) is 14.7 Å². The number of aryl methyl sites for hydroxylation is 1. The van der Waals surface area contributed by atoms with E-state index in [1.807, 2.05) is 25.2 Å². The Bertz CT molecular complexity index is 1140. The molecular formula is C25H27NO3S. The minimum absolute atomic E-state index is 0.0664. The first-order valence-electron chi connectivity index (χ1n) is 10.4. The third-order valence-electron chi connectivity index (χ3n) is 6.03. The monoisotopic (exact) mass is 421 g/mol. The lowest BCUT2D eigenvalue weighted by Gasteiger charge is -2.29. The largest absolute Gasteiger partial charge is 0.478 e. The third kappa shape index (κ3) is 3.92. The van der Waals surface area contributed by atoms with Crippen LogP contribution in [0.15, 0.2) is 36.4 Å². The highest BCUT2D eigenvalue weighted by molar-refractivity contribution is 7.14. The van der Waals surface area contributed by atoms with E-state index >= 15 is 0 Å². The van der Waals surface area contributed by atoms with Crippen LogP contribution in [0, 0.1) is 5.41 Å². The number of ketones is 1. The van der Waals surface area contributed by atoms with Gasteiger partial charge in [-0.25, -0.2) is 4.79 Å². The molecule has 1 aliphatic carbocycles. The molecule has 0 atom stereocenters. The minimum Gasteiger partial charge on any atom is -0.478 e. The molecule has 30 heavy (non-hydrogen) atoms. The molecule has 0 bridgehead atoms. The van der Waals surface area contributed by atoms with Crippen molar-refractivity contribution >= 4 is 33.9 Å². The van der Waals surface area contributed by atoms with E-state index in [4.69, 9.17) is 0 Å². The summed E-state index contributed by atoms with van der Waals surface area (Å²) in [6.07, 6.45) is 2.80. The highest BCUT2D eigenvalue weighted by atomic mass is 32.1. The smallest absolute Gasteiger partial charge is 0.337 e. The van der Waals surface area contributed by atoms with Crippen molar-refractivity contribution in [1.82, 2.24) is 5.32 Å². The molecule has 0 spiro atoms. The van der Waals surface area contributed by atoms with Crippen LogP contribution in [0.5, 0.6) is 0 Å². The number of carbonyl (C=O) groups is 2. The van der Waals surface area contributed by atoms with Crippen LogP contribution in [0.4, 0.5) is 0 Å². The standard InChI is InChI=1S/C25H27NO3S/c1-25(2)9-8-21-19(13-25)22(24(28)29)23(30-21)20(27)12-17-10-15-6-4-5-7-16(15)11-18(17)14-26-3/h4-7,10-11,26H,8-9,12-14H2,1-3H3,(H,28,29). The van der Waals surface area contributed by atoms with Crippen molar-refractivity contribution in [3.05, 3.63) is 68.4 Å². The Morgan fingerprint density at radius 3 is 2.43 bits per heavy atom. The zero-order valence-corrected chi connectivity index (χ0v) is 18.5. The fourth-order valence-corrected chi connectivity index (χ4v) is 5.70. The van der Waals surface area contributed by atoms with Gasteiger partial charge in [0.1, 0.15) is 0 Å². The summed E-state index contributed by atoms with van der Waals surface area (Å²) in [6, 6.07) is 12.3. The molecule has 2 aromatic carbocycles. The third-order valence-corrected chi connectivity index (χ3v) is 7.36. The number of Topliss-reactive ketones (excluding diaryl/α,β-unsaturated/α-hetero) is 1. The maximum atomic E-state index is 13.3. The lowest BCUT2D eigenvalue weighted by molar-refractivity contribution is 0.0690. The van der Waals surface area contributed by atoms with Crippen molar-refractivity contribution < 1.29 is 14.7 Å². The molecule has 5 heteroatoms. The number of carboxylic acids is 1. The van der Waals surface area contributed by atoms with Crippen LogP contribution >= 0.6 is 11.3 Å². The number of carbonyl (C=O) groups excluding carboxylic acids is 1. The van der Waals surface area contributed by atoms with Gasteiger partial charge in [-0.1, -0.05) is 44.2 Å². The second-order valence-corrected chi connectivity index (χ2v) is 10.1. The number of rotatable bonds is 6. The van der Waals surface area contributed by atoms with E-state index in [1.165, 1.54) is 11.3 Å². The van der Waals surface area contributed by atoms with Crippen LogP contribution in [-0.4, -0.2) is 23.9 Å². The van der Waals surface area contributed by atoms with Crippen molar-refractivity contribution in [3.63, 3.8) is 0 Å². The fourth-order valence-electron chi connectivity index (χ4n) is 4.45. The first-order chi connectivity index (χ1) is 14.3. The van der Waals surface area contributed by atoms with E-state index in [-0.39, 0.29) is 23.2 Å². The molecule has 2 N–H and O–H groups in total.